The minimum Gasteiger partial charge on any atom is -0.479 e. The van der Waals surface area contributed by atoms with Crippen LogP contribution >= 0.6 is 0 Å². The van der Waals surface area contributed by atoms with E-state index in [0.717, 1.165) is 0 Å². The maximum absolute atomic E-state index is 13.7. The molecule has 0 spiro atoms. The van der Waals surface area contributed by atoms with E-state index in [4.69, 9.17) is 24.2 Å². The summed E-state index contributed by atoms with van der Waals surface area (Å²) in [5.41, 5.74) is 1.50. The molecule has 1 heterocycles. The Hall–Kier alpha value is -3.11. The van der Waals surface area contributed by atoms with Crippen LogP contribution in [0.25, 0.3) is 0 Å². The van der Waals surface area contributed by atoms with Gasteiger partial charge in [0, 0.05) is 11.1 Å². The fourth-order valence-corrected chi connectivity index (χ4v) is 2.49. The zero-order valence-electron chi connectivity index (χ0n) is 14.0. The van der Waals surface area contributed by atoms with E-state index < -0.39 is 17.9 Å². The minimum absolute atomic E-state index is 0.0672. The molecule has 0 fully saturated rings. The second kappa shape index (κ2) is 7.85. The Bertz CT molecular complexity index is 844. The van der Waals surface area contributed by atoms with Crippen LogP contribution in [-0.2, 0) is 27.5 Å². The lowest BCUT2D eigenvalue weighted by Gasteiger charge is -2.21. The van der Waals surface area contributed by atoms with Crippen molar-refractivity contribution in [3.63, 3.8) is 0 Å². The van der Waals surface area contributed by atoms with Crippen molar-refractivity contribution in [2.45, 2.75) is 26.2 Å². The number of carbonyl (C=O) groups is 1. The molecule has 26 heavy (non-hydrogen) atoms. The molecule has 0 saturated heterocycles. The summed E-state index contributed by atoms with van der Waals surface area (Å²) in [6, 6.07) is 11.0. The Labute approximate surface area is 149 Å². The molecule has 1 aliphatic rings. The fourth-order valence-electron chi connectivity index (χ4n) is 2.49. The number of carbonyl (C=O) groups excluding carboxylic acids is 1. The quantitative estimate of drug-likeness (QED) is 0.766. The van der Waals surface area contributed by atoms with E-state index in [2.05, 4.69) is 0 Å². The third-order valence-corrected chi connectivity index (χ3v) is 3.75. The average molecular weight is 357 g/mol. The maximum atomic E-state index is 13.7. The van der Waals surface area contributed by atoms with Gasteiger partial charge in [0.25, 0.3) is 0 Å². The first kappa shape index (κ1) is 17.7. The van der Waals surface area contributed by atoms with E-state index in [0.29, 0.717) is 28.2 Å². The number of nitrogens with zero attached hydrogens (tertiary/aromatic N) is 1. The van der Waals surface area contributed by atoms with Crippen molar-refractivity contribution in [3.8, 4) is 17.6 Å². The molecule has 0 N–H and O–H groups in total. The van der Waals surface area contributed by atoms with Crippen molar-refractivity contribution in [3.05, 3.63) is 58.9 Å². The van der Waals surface area contributed by atoms with Crippen LogP contribution in [0, 0.1) is 17.1 Å². The minimum atomic E-state index is -0.864. The van der Waals surface area contributed by atoms with Gasteiger partial charge in [-0.3, -0.25) is 0 Å². The second-order valence-corrected chi connectivity index (χ2v) is 5.67. The van der Waals surface area contributed by atoms with Gasteiger partial charge in [-0.2, -0.15) is 5.26 Å². The predicted molar refractivity (Wildman–Crippen MR) is 87.7 cm³/mol. The highest BCUT2D eigenvalue weighted by molar-refractivity contribution is 5.74. The van der Waals surface area contributed by atoms with Gasteiger partial charge in [-0.1, -0.05) is 0 Å². The van der Waals surface area contributed by atoms with Gasteiger partial charge in [0.1, 0.15) is 23.9 Å². The molecule has 0 aromatic heterocycles. The zero-order chi connectivity index (χ0) is 18.5. The summed E-state index contributed by atoms with van der Waals surface area (Å²) < 4.78 is 34.9. The number of halogens is 1. The summed E-state index contributed by atoms with van der Waals surface area (Å²) in [5.74, 6) is -0.131. The first-order chi connectivity index (χ1) is 12.6. The number of hydrogen-bond donors (Lipinski definition) is 0. The van der Waals surface area contributed by atoms with Gasteiger partial charge < -0.3 is 18.9 Å². The Kier molecular flexibility index (Phi) is 5.34. The van der Waals surface area contributed by atoms with Crippen LogP contribution in [-0.4, -0.2) is 18.9 Å². The van der Waals surface area contributed by atoms with Crippen LogP contribution in [0.2, 0.25) is 0 Å². The van der Waals surface area contributed by atoms with Crippen LogP contribution in [0.3, 0.4) is 0 Å². The number of benzene rings is 2. The highest BCUT2D eigenvalue weighted by Gasteiger charge is 2.21. The third-order valence-electron chi connectivity index (χ3n) is 3.75. The third kappa shape index (κ3) is 4.10. The molecule has 2 aromatic rings. The van der Waals surface area contributed by atoms with E-state index in [1.165, 1.54) is 12.1 Å². The van der Waals surface area contributed by atoms with E-state index >= 15 is 0 Å². The molecule has 0 amide bonds. The maximum Gasteiger partial charge on any atom is 0.347 e. The Balaban J connectivity index is 1.61. The normalized spacial score (nSPS) is 13.7. The number of fused-ring (bicyclic) bond motifs is 1. The van der Waals surface area contributed by atoms with Crippen molar-refractivity contribution >= 4 is 5.97 Å². The highest BCUT2D eigenvalue weighted by atomic mass is 19.1. The molecule has 0 radical (unpaired) electrons. The van der Waals surface area contributed by atoms with Crippen LogP contribution in [0.1, 0.15) is 23.6 Å². The van der Waals surface area contributed by atoms with Gasteiger partial charge in [0.2, 0.25) is 0 Å². The lowest BCUT2D eigenvalue weighted by atomic mass is 10.1. The number of ether oxygens (including phenoxy) is 4. The molecule has 134 valence electrons. The first-order valence-electron chi connectivity index (χ1n) is 7.92. The number of rotatable bonds is 5. The summed E-state index contributed by atoms with van der Waals surface area (Å²) in [4.78, 5) is 12.1. The van der Waals surface area contributed by atoms with Crippen molar-refractivity contribution in [2.75, 3.05) is 6.79 Å². The summed E-state index contributed by atoms with van der Waals surface area (Å²) in [7, 11) is 0. The molecule has 0 aliphatic carbocycles. The Morgan fingerprint density at radius 3 is 2.85 bits per heavy atom. The standard InChI is InChI=1S/C19H16FNO5/c1-12(26-17-4-2-13(8-21)3-5-17)19(22)24-10-15-7-16(20)6-14-9-23-11-25-18(14)15/h2-7,12H,9-11H2,1H3/t12-/m1/s1. The van der Waals surface area contributed by atoms with Crippen molar-refractivity contribution < 1.29 is 28.1 Å². The molecule has 1 atom stereocenters. The smallest absolute Gasteiger partial charge is 0.347 e. The molecule has 7 heteroatoms. The number of nitriles is 1. The number of esters is 1. The highest BCUT2D eigenvalue weighted by Crippen LogP contribution is 2.30. The second-order valence-electron chi connectivity index (χ2n) is 5.67. The fraction of sp³-hybridized carbons (Fsp3) is 0.263. The zero-order valence-corrected chi connectivity index (χ0v) is 14.0. The molecule has 0 unspecified atom stereocenters. The summed E-state index contributed by atoms with van der Waals surface area (Å²) in [6.07, 6.45) is -0.864. The van der Waals surface area contributed by atoms with Gasteiger partial charge in [0.05, 0.1) is 18.2 Å². The largest absolute Gasteiger partial charge is 0.479 e. The van der Waals surface area contributed by atoms with Crippen LogP contribution in [0.5, 0.6) is 11.5 Å². The van der Waals surface area contributed by atoms with Crippen LogP contribution in [0.4, 0.5) is 4.39 Å². The molecular weight excluding hydrogens is 341 g/mol. The summed E-state index contributed by atoms with van der Waals surface area (Å²) >= 11 is 0. The van der Waals surface area contributed by atoms with E-state index in [1.54, 1.807) is 31.2 Å². The molecule has 0 saturated carbocycles. The number of hydrogen-bond acceptors (Lipinski definition) is 6. The van der Waals surface area contributed by atoms with Gasteiger partial charge in [-0.05, 0) is 43.3 Å². The van der Waals surface area contributed by atoms with Gasteiger partial charge in [-0.25, -0.2) is 9.18 Å². The van der Waals surface area contributed by atoms with Crippen LogP contribution < -0.4 is 9.47 Å². The molecule has 6 nitrogen and oxygen atoms in total. The van der Waals surface area contributed by atoms with E-state index in [9.17, 15) is 9.18 Å². The van der Waals surface area contributed by atoms with Crippen molar-refractivity contribution in [1.29, 1.82) is 5.26 Å². The molecule has 2 aromatic carbocycles. The van der Waals surface area contributed by atoms with Gasteiger partial charge in [-0.15, -0.1) is 0 Å². The predicted octanol–water partition coefficient (Wildman–Crippen LogP) is 3.07. The molecule has 3 rings (SSSR count). The lowest BCUT2D eigenvalue weighted by molar-refractivity contribution is -0.152. The average Bonchev–Trinajstić information content (AvgIpc) is 2.66. The van der Waals surface area contributed by atoms with E-state index in [1.807, 2.05) is 6.07 Å². The molecular formula is C19H16FNO5. The lowest BCUT2D eigenvalue weighted by Crippen LogP contribution is -2.26. The summed E-state index contributed by atoms with van der Waals surface area (Å²) in [6.45, 7) is 1.72. The topological polar surface area (TPSA) is 77.8 Å². The van der Waals surface area contributed by atoms with Gasteiger partial charge in [0.15, 0.2) is 12.9 Å². The summed E-state index contributed by atoms with van der Waals surface area (Å²) in [5, 5.41) is 8.77. The van der Waals surface area contributed by atoms with Gasteiger partial charge >= 0.3 is 5.97 Å². The Morgan fingerprint density at radius 1 is 1.35 bits per heavy atom. The van der Waals surface area contributed by atoms with E-state index in [-0.39, 0.29) is 20.0 Å². The molecule has 1 aliphatic heterocycles. The monoisotopic (exact) mass is 357 g/mol. The molecule has 0 bridgehead atoms. The van der Waals surface area contributed by atoms with Crippen molar-refractivity contribution in [1.82, 2.24) is 0 Å². The van der Waals surface area contributed by atoms with Crippen molar-refractivity contribution in [2.24, 2.45) is 0 Å². The SMILES string of the molecule is C[C@@H](Oc1ccc(C#N)cc1)C(=O)OCc1cc(F)cc2c1OCOC2. The first-order valence-corrected chi connectivity index (χ1v) is 7.92. The Morgan fingerprint density at radius 2 is 2.12 bits per heavy atom. The van der Waals surface area contributed by atoms with Crippen LogP contribution in [0.15, 0.2) is 36.4 Å².